The molecule has 1 amide bonds. The molecular weight excluding hydrogens is 306 g/mol. The number of amides is 1. The van der Waals surface area contributed by atoms with Gasteiger partial charge in [-0.3, -0.25) is 4.79 Å². The fraction of sp³-hybridized carbons (Fsp3) is 0.435. The number of carbonyl (C=O) groups is 1. The molecule has 0 atom stereocenters. The third-order valence-corrected chi connectivity index (χ3v) is 5.76. The Morgan fingerprint density at radius 2 is 1.48 bits per heavy atom. The van der Waals surface area contributed by atoms with E-state index in [1.165, 1.54) is 49.7 Å². The van der Waals surface area contributed by atoms with Crippen LogP contribution in [0, 0.1) is 11.3 Å². The Labute approximate surface area is 151 Å². The lowest BCUT2D eigenvalue weighted by molar-refractivity contribution is 0.100. The number of carbonyl (C=O) groups excluding carboxylic acids is 1. The molecule has 0 bridgehead atoms. The second-order valence-electron chi connectivity index (χ2n) is 8.28. The molecular formula is C23H29NO. The zero-order chi connectivity index (χ0) is 17.9. The molecule has 2 heteroatoms. The monoisotopic (exact) mass is 335 g/mol. The fourth-order valence-electron chi connectivity index (χ4n) is 3.81. The van der Waals surface area contributed by atoms with Gasteiger partial charge in [-0.15, -0.1) is 0 Å². The van der Waals surface area contributed by atoms with Gasteiger partial charge in [0.2, 0.25) is 5.91 Å². The first-order valence-corrected chi connectivity index (χ1v) is 9.42. The van der Waals surface area contributed by atoms with E-state index in [-0.39, 0.29) is 5.91 Å². The molecule has 0 heterocycles. The van der Waals surface area contributed by atoms with Gasteiger partial charge in [0, 0.05) is 5.56 Å². The van der Waals surface area contributed by atoms with E-state index in [2.05, 4.69) is 38.1 Å². The van der Waals surface area contributed by atoms with Gasteiger partial charge in [-0.1, -0.05) is 50.2 Å². The summed E-state index contributed by atoms with van der Waals surface area (Å²) in [5.41, 5.74) is 10.1. The molecule has 0 unspecified atom stereocenters. The predicted molar refractivity (Wildman–Crippen MR) is 104 cm³/mol. The quantitative estimate of drug-likeness (QED) is 0.759. The smallest absolute Gasteiger partial charge is 0.248 e. The van der Waals surface area contributed by atoms with E-state index in [1.807, 2.05) is 12.1 Å². The average Bonchev–Trinajstić information content (AvgIpc) is 2.61. The van der Waals surface area contributed by atoms with Crippen molar-refractivity contribution in [2.24, 2.45) is 17.1 Å². The SMILES string of the molecule is CC1(C)CCC(CCc2ccc(-c3ccc(C(N)=O)cc3)cc2)CC1. The number of rotatable bonds is 5. The summed E-state index contributed by atoms with van der Waals surface area (Å²) < 4.78 is 0. The Kier molecular flexibility index (Phi) is 5.27. The summed E-state index contributed by atoms with van der Waals surface area (Å²) in [5.74, 6) is 0.516. The van der Waals surface area contributed by atoms with Crippen molar-refractivity contribution in [3.8, 4) is 11.1 Å². The number of primary amides is 1. The lowest BCUT2D eigenvalue weighted by Crippen LogP contribution is -2.21. The molecule has 3 rings (SSSR count). The topological polar surface area (TPSA) is 43.1 Å². The summed E-state index contributed by atoms with van der Waals surface area (Å²) in [4.78, 5) is 11.2. The third kappa shape index (κ3) is 4.72. The van der Waals surface area contributed by atoms with Crippen molar-refractivity contribution in [3.63, 3.8) is 0 Å². The second-order valence-corrected chi connectivity index (χ2v) is 8.28. The Balaban J connectivity index is 1.56. The molecule has 2 aromatic rings. The number of benzene rings is 2. The van der Waals surface area contributed by atoms with Gasteiger partial charge in [0.25, 0.3) is 0 Å². The van der Waals surface area contributed by atoms with Crippen LogP contribution in [-0.4, -0.2) is 5.91 Å². The number of hydrogen-bond donors (Lipinski definition) is 1. The Bertz CT molecular complexity index is 703. The lowest BCUT2D eigenvalue weighted by Gasteiger charge is -2.34. The van der Waals surface area contributed by atoms with Crippen molar-refractivity contribution in [2.45, 2.75) is 52.4 Å². The summed E-state index contributed by atoms with van der Waals surface area (Å²) in [7, 11) is 0. The fourth-order valence-corrected chi connectivity index (χ4v) is 3.81. The molecule has 132 valence electrons. The molecule has 1 fully saturated rings. The predicted octanol–water partition coefficient (Wildman–Crippen LogP) is 5.60. The van der Waals surface area contributed by atoms with E-state index >= 15 is 0 Å². The summed E-state index contributed by atoms with van der Waals surface area (Å²) in [6.07, 6.45) is 8.00. The molecule has 1 saturated carbocycles. The molecule has 1 aliphatic carbocycles. The molecule has 0 spiro atoms. The minimum Gasteiger partial charge on any atom is -0.366 e. The molecule has 0 saturated heterocycles. The van der Waals surface area contributed by atoms with Crippen LogP contribution in [0.15, 0.2) is 48.5 Å². The van der Waals surface area contributed by atoms with Crippen molar-refractivity contribution >= 4 is 5.91 Å². The van der Waals surface area contributed by atoms with Gasteiger partial charge in [0.15, 0.2) is 0 Å². The lowest BCUT2D eigenvalue weighted by atomic mass is 9.72. The first-order chi connectivity index (χ1) is 11.9. The molecule has 1 aliphatic rings. The third-order valence-electron chi connectivity index (χ3n) is 5.76. The first kappa shape index (κ1) is 17.7. The van der Waals surface area contributed by atoms with Gasteiger partial charge < -0.3 is 5.73 Å². The maximum atomic E-state index is 11.2. The Morgan fingerprint density at radius 1 is 0.960 bits per heavy atom. The standard InChI is InChI=1S/C23H29NO/c1-23(2)15-13-18(14-16-23)4-3-17-5-7-19(8-6-17)20-9-11-21(12-10-20)22(24)25/h5-12,18H,3-4,13-16H2,1-2H3,(H2,24,25). The summed E-state index contributed by atoms with van der Waals surface area (Å²) >= 11 is 0. The van der Waals surface area contributed by atoms with E-state index in [0.717, 1.165) is 11.5 Å². The molecule has 0 aliphatic heterocycles. The van der Waals surface area contributed by atoms with Crippen LogP contribution in [0.5, 0.6) is 0 Å². The maximum absolute atomic E-state index is 11.2. The van der Waals surface area contributed by atoms with Crippen LogP contribution < -0.4 is 5.73 Å². The molecule has 2 aromatic carbocycles. The average molecular weight is 335 g/mol. The second kappa shape index (κ2) is 7.43. The summed E-state index contributed by atoms with van der Waals surface area (Å²) in [6, 6.07) is 16.3. The molecule has 0 aromatic heterocycles. The van der Waals surface area contributed by atoms with Crippen LogP contribution in [0.4, 0.5) is 0 Å². The van der Waals surface area contributed by atoms with Crippen LogP contribution in [0.2, 0.25) is 0 Å². The van der Waals surface area contributed by atoms with Gasteiger partial charge >= 0.3 is 0 Å². The molecule has 2 N–H and O–H groups in total. The number of nitrogens with two attached hydrogens (primary N) is 1. The molecule has 2 nitrogen and oxygen atoms in total. The van der Waals surface area contributed by atoms with Crippen molar-refractivity contribution < 1.29 is 4.79 Å². The van der Waals surface area contributed by atoms with Crippen LogP contribution in [0.3, 0.4) is 0 Å². The van der Waals surface area contributed by atoms with E-state index < -0.39 is 0 Å². The van der Waals surface area contributed by atoms with Crippen molar-refractivity contribution in [3.05, 3.63) is 59.7 Å². The van der Waals surface area contributed by atoms with Gasteiger partial charge in [-0.2, -0.15) is 0 Å². The van der Waals surface area contributed by atoms with Crippen LogP contribution in [0.25, 0.3) is 11.1 Å². The minimum atomic E-state index is -0.381. The van der Waals surface area contributed by atoms with Crippen LogP contribution in [-0.2, 0) is 6.42 Å². The van der Waals surface area contributed by atoms with E-state index in [1.54, 1.807) is 12.1 Å². The molecule has 25 heavy (non-hydrogen) atoms. The van der Waals surface area contributed by atoms with E-state index in [9.17, 15) is 4.79 Å². The highest BCUT2D eigenvalue weighted by atomic mass is 16.1. The highest BCUT2D eigenvalue weighted by molar-refractivity contribution is 5.93. The Hall–Kier alpha value is -2.09. The van der Waals surface area contributed by atoms with E-state index in [0.29, 0.717) is 11.0 Å². The van der Waals surface area contributed by atoms with Crippen LogP contribution >= 0.6 is 0 Å². The maximum Gasteiger partial charge on any atom is 0.248 e. The Morgan fingerprint density at radius 3 is 2.00 bits per heavy atom. The van der Waals surface area contributed by atoms with Gasteiger partial charge in [-0.25, -0.2) is 0 Å². The van der Waals surface area contributed by atoms with Gasteiger partial charge in [0.1, 0.15) is 0 Å². The zero-order valence-electron chi connectivity index (χ0n) is 15.4. The largest absolute Gasteiger partial charge is 0.366 e. The highest BCUT2D eigenvalue weighted by Crippen LogP contribution is 2.39. The number of aryl methyl sites for hydroxylation is 1. The normalized spacial score (nSPS) is 17.4. The summed E-state index contributed by atoms with van der Waals surface area (Å²) in [6.45, 7) is 4.80. The van der Waals surface area contributed by atoms with Crippen molar-refractivity contribution in [1.82, 2.24) is 0 Å². The van der Waals surface area contributed by atoms with Gasteiger partial charge in [0.05, 0.1) is 0 Å². The van der Waals surface area contributed by atoms with Gasteiger partial charge in [-0.05, 0) is 78.7 Å². The summed E-state index contributed by atoms with van der Waals surface area (Å²) in [5, 5.41) is 0. The van der Waals surface area contributed by atoms with Crippen LogP contribution in [0.1, 0.15) is 61.9 Å². The first-order valence-electron chi connectivity index (χ1n) is 9.42. The van der Waals surface area contributed by atoms with Crippen molar-refractivity contribution in [2.75, 3.05) is 0 Å². The molecule has 0 radical (unpaired) electrons. The van der Waals surface area contributed by atoms with E-state index in [4.69, 9.17) is 5.73 Å². The highest BCUT2D eigenvalue weighted by Gasteiger charge is 2.26. The van der Waals surface area contributed by atoms with Crippen molar-refractivity contribution in [1.29, 1.82) is 0 Å². The number of hydrogen-bond acceptors (Lipinski definition) is 1. The zero-order valence-corrected chi connectivity index (χ0v) is 15.4. The minimum absolute atomic E-state index is 0.381.